The molecular weight excluding hydrogens is 258 g/mol. The molecule has 20 heavy (non-hydrogen) atoms. The quantitative estimate of drug-likeness (QED) is 0.585. The number of carbonyl (C=O) groups excluding carboxylic acids is 1. The first kappa shape index (κ1) is 16.3. The Balaban J connectivity index is 2.97. The van der Waals surface area contributed by atoms with Gasteiger partial charge in [0.2, 0.25) is 0 Å². The van der Waals surface area contributed by atoms with Crippen LogP contribution in [0, 0.1) is 0 Å². The van der Waals surface area contributed by atoms with Crippen LogP contribution in [0.4, 0.5) is 0 Å². The molecule has 1 aromatic rings. The molecule has 0 amide bonds. The topological polar surface area (TPSA) is 70.8 Å². The fourth-order valence-corrected chi connectivity index (χ4v) is 1.60. The van der Waals surface area contributed by atoms with Crippen molar-refractivity contribution in [1.82, 2.24) is 0 Å². The highest BCUT2D eigenvalue weighted by Gasteiger charge is 2.19. The summed E-state index contributed by atoms with van der Waals surface area (Å²) in [7, 11) is 1.33. The molecule has 1 aromatic carbocycles. The summed E-state index contributed by atoms with van der Waals surface area (Å²) in [6, 6.07) is 5.11. The number of benzene rings is 1. The number of hydrogen-bond acceptors (Lipinski definition) is 5. The Kier molecular flexibility index (Phi) is 6.87. The smallest absolute Gasteiger partial charge is 0.345 e. The molecule has 0 bridgehead atoms. The van der Waals surface area contributed by atoms with Crippen molar-refractivity contribution in [1.29, 1.82) is 0 Å². The van der Waals surface area contributed by atoms with E-state index in [9.17, 15) is 4.79 Å². The molecule has 0 fully saturated rings. The number of nitrogens with two attached hydrogens (primary N) is 1. The highest BCUT2D eigenvalue weighted by molar-refractivity contribution is 5.95. The van der Waals surface area contributed by atoms with Gasteiger partial charge in [-0.05, 0) is 25.5 Å². The Morgan fingerprint density at radius 1 is 1.30 bits per heavy atom. The van der Waals surface area contributed by atoms with Crippen LogP contribution in [0.1, 0.15) is 37.0 Å². The standard InChI is InChI=1S/C15H23NO4/c1-4-5-9-19-12-7-6-8-13(20-10-11(2)16)14(12)15(17)18-3/h6-8,11H,4-5,9-10,16H2,1-3H3/t11-/m0/s1. The minimum atomic E-state index is -0.475. The first-order chi connectivity index (χ1) is 9.60. The Bertz CT molecular complexity index is 432. The third-order valence-corrected chi connectivity index (χ3v) is 2.63. The molecule has 0 aliphatic rings. The maximum absolute atomic E-state index is 11.9. The largest absolute Gasteiger partial charge is 0.493 e. The van der Waals surface area contributed by atoms with E-state index in [1.54, 1.807) is 18.2 Å². The number of hydrogen-bond donors (Lipinski definition) is 1. The zero-order valence-electron chi connectivity index (χ0n) is 12.3. The first-order valence-corrected chi connectivity index (χ1v) is 6.82. The summed E-state index contributed by atoms with van der Waals surface area (Å²) in [5.41, 5.74) is 5.97. The van der Waals surface area contributed by atoms with Crippen LogP contribution in [0.5, 0.6) is 11.5 Å². The zero-order chi connectivity index (χ0) is 15.0. The van der Waals surface area contributed by atoms with Crippen molar-refractivity contribution >= 4 is 5.97 Å². The summed E-state index contributed by atoms with van der Waals surface area (Å²) in [5.74, 6) is 0.437. The van der Waals surface area contributed by atoms with E-state index in [2.05, 4.69) is 6.92 Å². The highest BCUT2D eigenvalue weighted by Crippen LogP contribution is 2.29. The van der Waals surface area contributed by atoms with E-state index in [0.717, 1.165) is 12.8 Å². The van der Waals surface area contributed by atoms with E-state index in [-0.39, 0.29) is 6.04 Å². The van der Waals surface area contributed by atoms with E-state index in [4.69, 9.17) is 19.9 Å². The van der Waals surface area contributed by atoms with Gasteiger partial charge in [-0.1, -0.05) is 19.4 Å². The summed E-state index contributed by atoms with van der Waals surface area (Å²) in [6.45, 7) is 4.78. The molecule has 1 rings (SSSR count). The van der Waals surface area contributed by atoms with Gasteiger partial charge in [-0.15, -0.1) is 0 Å². The number of unbranched alkanes of at least 4 members (excludes halogenated alkanes) is 1. The van der Waals surface area contributed by atoms with Crippen LogP contribution >= 0.6 is 0 Å². The molecule has 0 aliphatic heterocycles. The van der Waals surface area contributed by atoms with Gasteiger partial charge < -0.3 is 19.9 Å². The Hall–Kier alpha value is -1.75. The summed E-state index contributed by atoms with van der Waals surface area (Å²) in [6.07, 6.45) is 1.94. The molecule has 2 N–H and O–H groups in total. The third kappa shape index (κ3) is 4.74. The second-order valence-electron chi connectivity index (χ2n) is 4.61. The van der Waals surface area contributed by atoms with E-state index in [1.807, 2.05) is 6.92 Å². The number of ether oxygens (including phenoxy) is 3. The van der Waals surface area contributed by atoms with Crippen LogP contribution in [0.3, 0.4) is 0 Å². The lowest BCUT2D eigenvalue weighted by atomic mass is 10.1. The number of esters is 1. The molecule has 0 saturated heterocycles. The lowest BCUT2D eigenvalue weighted by molar-refractivity contribution is 0.0590. The summed E-state index contributed by atoms with van der Waals surface area (Å²) in [5, 5.41) is 0. The summed E-state index contributed by atoms with van der Waals surface area (Å²) < 4.78 is 16.0. The Morgan fingerprint density at radius 3 is 2.50 bits per heavy atom. The SMILES string of the molecule is CCCCOc1cccc(OC[C@H](C)N)c1C(=O)OC. The normalized spacial score (nSPS) is 11.8. The van der Waals surface area contributed by atoms with Crippen molar-refractivity contribution in [3.05, 3.63) is 23.8 Å². The maximum atomic E-state index is 11.9. The number of rotatable bonds is 8. The summed E-state index contributed by atoms with van der Waals surface area (Å²) >= 11 is 0. The molecule has 0 aliphatic carbocycles. The molecule has 5 nitrogen and oxygen atoms in total. The van der Waals surface area contributed by atoms with Crippen molar-refractivity contribution in [2.75, 3.05) is 20.3 Å². The van der Waals surface area contributed by atoms with Crippen molar-refractivity contribution in [3.8, 4) is 11.5 Å². The average molecular weight is 281 g/mol. The first-order valence-electron chi connectivity index (χ1n) is 6.82. The second kappa shape index (κ2) is 8.43. The van der Waals surface area contributed by atoms with E-state index in [0.29, 0.717) is 30.3 Å². The number of carbonyl (C=O) groups is 1. The highest BCUT2D eigenvalue weighted by atomic mass is 16.5. The predicted octanol–water partition coefficient (Wildman–Crippen LogP) is 2.38. The van der Waals surface area contributed by atoms with E-state index >= 15 is 0 Å². The van der Waals surface area contributed by atoms with Gasteiger partial charge in [0.05, 0.1) is 13.7 Å². The van der Waals surface area contributed by atoms with Gasteiger partial charge in [0.15, 0.2) is 0 Å². The van der Waals surface area contributed by atoms with Gasteiger partial charge in [0.25, 0.3) is 0 Å². The van der Waals surface area contributed by atoms with Gasteiger partial charge in [0, 0.05) is 6.04 Å². The minimum Gasteiger partial charge on any atom is -0.493 e. The van der Waals surface area contributed by atoms with E-state index in [1.165, 1.54) is 7.11 Å². The van der Waals surface area contributed by atoms with Gasteiger partial charge in [-0.25, -0.2) is 4.79 Å². The van der Waals surface area contributed by atoms with Crippen LogP contribution in [-0.2, 0) is 4.74 Å². The maximum Gasteiger partial charge on any atom is 0.345 e. The van der Waals surface area contributed by atoms with Crippen molar-refractivity contribution in [3.63, 3.8) is 0 Å². The Morgan fingerprint density at radius 2 is 1.95 bits per heavy atom. The van der Waals surface area contributed by atoms with Crippen molar-refractivity contribution < 1.29 is 19.0 Å². The monoisotopic (exact) mass is 281 g/mol. The van der Waals surface area contributed by atoms with Crippen LogP contribution in [0.2, 0.25) is 0 Å². The average Bonchev–Trinajstić information content (AvgIpc) is 2.44. The predicted molar refractivity (Wildman–Crippen MR) is 77.3 cm³/mol. The van der Waals surface area contributed by atoms with Crippen LogP contribution < -0.4 is 15.2 Å². The molecule has 5 heteroatoms. The van der Waals surface area contributed by atoms with Gasteiger partial charge >= 0.3 is 5.97 Å². The van der Waals surface area contributed by atoms with Gasteiger partial charge in [-0.2, -0.15) is 0 Å². The molecular formula is C15H23NO4. The molecule has 0 spiro atoms. The van der Waals surface area contributed by atoms with Gasteiger partial charge in [-0.3, -0.25) is 0 Å². The molecule has 0 radical (unpaired) electrons. The fourth-order valence-electron chi connectivity index (χ4n) is 1.60. The van der Waals surface area contributed by atoms with E-state index < -0.39 is 5.97 Å². The van der Waals surface area contributed by atoms with Gasteiger partial charge in [0.1, 0.15) is 23.7 Å². The lowest BCUT2D eigenvalue weighted by Gasteiger charge is -2.15. The summed E-state index contributed by atoms with van der Waals surface area (Å²) in [4.78, 5) is 11.9. The van der Waals surface area contributed by atoms with Crippen molar-refractivity contribution in [2.45, 2.75) is 32.7 Å². The third-order valence-electron chi connectivity index (χ3n) is 2.63. The Labute approximate surface area is 120 Å². The lowest BCUT2D eigenvalue weighted by Crippen LogP contribution is -2.24. The van der Waals surface area contributed by atoms with Crippen LogP contribution in [0.15, 0.2) is 18.2 Å². The molecule has 1 atom stereocenters. The minimum absolute atomic E-state index is 0.120. The molecule has 0 saturated carbocycles. The van der Waals surface area contributed by atoms with Crippen molar-refractivity contribution in [2.24, 2.45) is 5.73 Å². The van der Waals surface area contributed by atoms with Crippen LogP contribution in [-0.4, -0.2) is 32.3 Å². The molecule has 0 unspecified atom stereocenters. The molecule has 112 valence electrons. The van der Waals surface area contributed by atoms with Crippen LogP contribution in [0.25, 0.3) is 0 Å². The fraction of sp³-hybridized carbons (Fsp3) is 0.533. The number of methoxy groups -OCH3 is 1. The zero-order valence-corrected chi connectivity index (χ0v) is 12.3. The molecule has 0 aromatic heterocycles. The second-order valence-corrected chi connectivity index (χ2v) is 4.61. The molecule has 0 heterocycles.